The fourth-order valence-corrected chi connectivity index (χ4v) is 2.75. The third-order valence-corrected chi connectivity index (χ3v) is 4.97. The second-order valence-corrected chi connectivity index (χ2v) is 7.37. The molecule has 0 fully saturated rings. The first-order valence-electron chi connectivity index (χ1n) is 8.56. The van der Waals surface area contributed by atoms with Crippen LogP contribution in [0.3, 0.4) is 0 Å². The van der Waals surface area contributed by atoms with E-state index in [2.05, 4.69) is 51.7 Å². The molecule has 3 aromatic rings. The second kappa shape index (κ2) is 5.97. The van der Waals surface area contributed by atoms with Gasteiger partial charge in [0, 0.05) is 0 Å². The van der Waals surface area contributed by atoms with Gasteiger partial charge in [0.05, 0.1) is 5.56 Å². The van der Waals surface area contributed by atoms with Gasteiger partial charge in [0.15, 0.2) is 5.58 Å². The number of phenolic OH excluding ortho intramolecular Hbond substituents is 1. The van der Waals surface area contributed by atoms with Gasteiger partial charge in [-0.25, -0.2) is 4.98 Å². The number of aromatic hydroxyl groups is 1. The molecule has 0 unspecified atom stereocenters. The second-order valence-electron chi connectivity index (χ2n) is 7.37. The summed E-state index contributed by atoms with van der Waals surface area (Å²) >= 11 is 0. The smallest absolute Gasteiger partial charge is 0.231 e. The van der Waals surface area contributed by atoms with Crippen LogP contribution in [0.4, 0.5) is 0 Å². The SMILES string of the molecule is CCC(C)(C)c1ccc(O)c(-c2nc3cc(C(C)C)ccc3o2)c1. The third kappa shape index (κ3) is 2.91. The number of nitrogens with zero attached hydrogens (tertiary/aromatic N) is 1. The van der Waals surface area contributed by atoms with Crippen LogP contribution in [0.15, 0.2) is 40.8 Å². The fourth-order valence-electron chi connectivity index (χ4n) is 2.75. The number of hydrogen-bond donors (Lipinski definition) is 1. The molecular weight excluding hydrogens is 298 g/mol. The maximum atomic E-state index is 10.3. The van der Waals surface area contributed by atoms with Gasteiger partial charge in [0.25, 0.3) is 0 Å². The Morgan fingerprint density at radius 1 is 1.12 bits per heavy atom. The number of fused-ring (bicyclic) bond motifs is 1. The van der Waals surface area contributed by atoms with Gasteiger partial charge in [0.1, 0.15) is 11.3 Å². The molecule has 3 nitrogen and oxygen atoms in total. The number of phenols is 1. The lowest BCUT2D eigenvalue weighted by Crippen LogP contribution is -2.15. The van der Waals surface area contributed by atoms with Crippen molar-refractivity contribution >= 4 is 11.1 Å². The molecule has 1 aromatic heterocycles. The zero-order chi connectivity index (χ0) is 17.5. The molecule has 0 aliphatic rings. The van der Waals surface area contributed by atoms with Gasteiger partial charge in [-0.2, -0.15) is 0 Å². The van der Waals surface area contributed by atoms with E-state index in [1.165, 1.54) is 11.1 Å². The minimum Gasteiger partial charge on any atom is -0.507 e. The van der Waals surface area contributed by atoms with Crippen LogP contribution in [0.25, 0.3) is 22.6 Å². The Morgan fingerprint density at radius 2 is 1.88 bits per heavy atom. The number of hydrogen-bond acceptors (Lipinski definition) is 3. The van der Waals surface area contributed by atoms with Crippen LogP contribution in [0.5, 0.6) is 5.75 Å². The van der Waals surface area contributed by atoms with Crippen molar-refractivity contribution in [1.29, 1.82) is 0 Å². The van der Waals surface area contributed by atoms with E-state index in [1.807, 2.05) is 18.2 Å². The Hall–Kier alpha value is -2.29. The van der Waals surface area contributed by atoms with Crippen LogP contribution < -0.4 is 0 Å². The summed E-state index contributed by atoms with van der Waals surface area (Å²) in [6.07, 6.45) is 1.02. The monoisotopic (exact) mass is 323 g/mol. The Morgan fingerprint density at radius 3 is 2.54 bits per heavy atom. The summed E-state index contributed by atoms with van der Waals surface area (Å²) in [6.45, 7) is 10.9. The molecule has 3 heteroatoms. The van der Waals surface area contributed by atoms with E-state index >= 15 is 0 Å². The summed E-state index contributed by atoms with van der Waals surface area (Å²) in [7, 11) is 0. The van der Waals surface area contributed by atoms with E-state index in [-0.39, 0.29) is 11.2 Å². The average molecular weight is 323 g/mol. The van der Waals surface area contributed by atoms with Gasteiger partial charge in [-0.15, -0.1) is 0 Å². The Balaban J connectivity index is 2.11. The van der Waals surface area contributed by atoms with Gasteiger partial charge < -0.3 is 9.52 Å². The van der Waals surface area contributed by atoms with Crippen molar-refractivity contribution in [3.05, 3.63) is 47.5 Å². The van der Waals surface area contributed by atoms with E-state index in [4.69, 9.17) is 4.42 Å². The molecule has 24 heavy (non-hydrogen) atoms. The minimum atomic E-state index is 0.0410. The quantitative estimate of drug-likeness (QED) is 0.639. The molecule has 1 heterocycles. The standard InChI is InChI=1S/C21H25NO2/c1-6-21(4,5)15-8-9-18(23)16(12-15)20-22-17-11-14(13(2)3)7-10-19(17)24-20/h7-13,23H,6H2,1-5H3. The first-order valence-corrected chi connectivity index (χ1v) is 8.56. The summed E-state index contributed by atoms with van der Waals surface area (Å²) in [5.41, 5.74) is 4.66. The molecule has 126 valence electrons. The minimum absolute atomic E-state index is 0.0410. The summed E-state index contributed by atoms with van der Waals surface area (Å²) in [6, 6.07) is 11.8. The van der Waals surface area contributed by atoms with E-state index in [9.17, 15) is 5.11 Å². The Kier molecular flexibility index (Phi) is 4.12. The van der Waals surface area contributed by atoms with E-state index in [1.54, 1.807) is 6.07 Å². The molecule has 3 rings (SSSR count). The first-order chi connectivity index (χ1) is 11.3. The van der Waals surface area contributed by atoms with Crippen molar-refractivity contribution in [3.8, 4) is 17.2 Å². The highest BCUT2D eigenvalue weighted by atomic mass is 16.3. The summed E-state index contributed by atoms with van der Waals surface area (Å²) < 4.78 is 5.90. The van der Waals surface area contributed by atoms with E-state index in [0.717, 1.165) is 17.5 Å². The summed E-state index contributed by atoms with van der Waals surface area (Å²) in [5, 5.41) is 10.3. The van der Waals surface area contributed by atoms with Crippen molar-refractivity contribution in [3.63, 3.8) is 0 Å². The molecule has 1 N–H and O–H groups in total. The lowest BCUT2D eigenvalue weighted by atomic mass is 9.81. The molecular formula is C21H25NO2. The molecule has 0 spiro atoms. The molecule has 0 radical (unpaired) electrons. The highest BCUT2D eigenvalue weighted by molar-refractivity contribution is 5.78. The highest BCUT2D eigenvalue weighted by Crippen LogP contribution is 2.36. The highest BCUT2D eigenvalue weighted by Gasteiger charge is 2.21. The van der Waals surface area contributed by atoms with Crippen molar-refractivity contribution in [2.24, 2.45) is 0 Å². The van der Waals surface area contributed by atoms with Crippen molar-refractivity contribution in [1.82, 2.24) is 4.98 Å². The molecule has 0 aliphatic carbocycles. The van der Waals surface area contributed by atoms with Crippen LogP contribution in [0, 0.1) is 0 Å². The van der Waals surface area contributed by atoms with Crippen LogP contribution in [-0.4, -0.2) is 10.1 Å². The van der Waals surface area contributed by atoms with Crippen LogP contribution in [0.1, 0.15) is 58.1 Å². The topological polar surface area (TPSA) is 46.3 Å². The molecule has 2 aromatic carbocycles. The first kappa shape index (κ1) is 16.6. The summed E-state index contributed by atoms with van der Waals surface area (Å²) in [5.74, 6) is 1.11. The zero-order valence-electron chi connectivity index (χ0n) is 15.1. The Bertz CT molecular complexity index is 875. The van der Waals surface area contributed by atoms with Crippen molar-refractivity contribution < 1.29 is 9.52 Å². The molecule has 0 atom stereocenters. The molecule has 0 bridgehead atoms. The van der Waals surface area contributed by atoms with Gasteiger partial charge in [-0.3, -0.25) is 0 Å². The van der Waals surface area contributed by atoms with Crippen LogP contribution >= 0.6 is 0 Å². The van der Waals surface area contributed by atoms with Crippen LogP contribution in [-0.2, 0) is 5.41 Å². The average Bonchev–Trinajstić information content (AvgIpc) is 2.97. The molecule has 0 aliphatic heterocycles. The van der Waals surface area contributed by atoms with Gasteiger partial charge in [-0.1, -0.05) is 46.8 Å². The van der Waals surface area contributed by atoms with Crippen LogP contribution in [0.2, 0.25) is 0 Å². The molecule has 0 amide bonds. The number of rotatable bonds is 4. The fraction of sp³-hybridized carbons (Fsp3) is 0.381. The van der Waals surface area contributed by atoms with E-state index in [0.29, 0.717) is 17.4 Å². The predicted molar refractivity (Wildman–Crippen MR) is 98.5 cm³/mol. The normalized spacial score (nSPS) is 12.2. The zero-order valence-corrected chi connectivity index (χ0v) is 15.1. The van der Waals surface area contributed by atoms with E-state index < -0.39 is 0 Å². The van der Waals surface area contributed by atoms with Gasteiger partial charge >= 0.3 is 0 Å². The lowest BCUT2D eigenvalue weighted by Gasteiger charge is -2.23. The third-order valence-electron chi connectivity index (χ3n) is 4.97. The predicted octanol–water partition coefficient (Wildman–Crippen LogP) is 6.01. The Labute approximate surface area is 143 Å². The van der Waals surface area contributed by atoms with Gasteiger partial charge in [0.2, 0.25) is 5.89 Å². The maximum absolute atomic E-state index is 10.3. The maximum Gasteiger partial charge on any atom is 0.231 e. The number of aromatic nitrogens is 1. The van der Waals surface area contributed by atoms with Crippen molar-refractivity contribution in [2.75, 3.05) is 0 Å². The molecule has 0 saturated carbocycles. The number of oxazole rings is 1. The van der Waals surface area contributed by atoms with Gasteiger partial charge in [-0.05, 0) is 53.1 Å². The number of benzene rings is 2. The van der Waals surface area contributed by atoms with Crippen molar-refractivity contribution in [2.45, 2.75) is 52.4 Å². The summed E-state index contributed by atoms with van der Waals surface area (Å²) in [4.78, 5) is 4.61. The lowest BCUT2D eigenvalue weighted by molar-refractivity contribution is 0.470. The largest absolute Gasteiger partial charge is 0.507 e. The molecule has 0 saturated heterocycles.